The summed E-state index contributed by atoms with van der Waals surface area (Å²) in [6, 6.07) is 0. The molecule has 2 aromatic heterocycles. The molecule has 2 rings (SSSR count). The van der Waals surface area contributed by atoms with Gasteiger partial charge in [-0.05, 0) is 38.5 Å². The van der Waals surface area contributed by atoms with Gasteiger partial charge in [0, 0.05) is 0 Å². The van der Waals surface area contributed by atoms with Gasteiger partial charge in [-0.2, -0.15) is 0 Å². The van der Waals surface area contributed by atoms with Crippen molar-refractivity contribution in [2.45, 2.75) is 0 Å². The average Bonchev–Trinajstić information content (AvgIpc) is 2.29. The molecule has 0 aliphatic carbocycles. The Morgan fingerprint density at radius 3 is 2.92 bits per heavy atom. The number of aromatic amines is 1. The third kappa shape index (κ3) is 1.09. The van der Waals surface area contributed by atoms with E-state index in [0.717, 1.165) is 19.2 Å². The standard InChI is InChI=1S/C6H4BrIN4/c7-4-3(8)2-5(9)10-1-11-6(2)12-4/h1H,(H3,9,10,11,12). The predicted octanol–water partition coefficient (Wildman–Crippen LogP) is 1.91. The van der Waals surface area contributed by atoms with E-state index < -0.39 is 0 Å². The van der Waals surface area contributed by atoms with Gasteiger partial charge >= 0.3 is 0 Å². The van der Waals surface area contributed by atoms with Crippen LogP contribution < -0.4 is 5.73 Å². The Morgan fingerprint density at radius 2 is 2.25 bits per heavy atom. The Morgan fingerprint density at radius 1 is 1.50 bits per heavy atom. The van der Waals surface area contributed by atoms with Gasteiger partial charge in [0.1, 0.15) is 17.8 Å². The van der Waals surface area contributed by atoms with Crippen molar-refractivity contribution in [1.29, 1.82) is 0 Å². The highest BCUT2D eigenvalue weighted by molar-refractivity contribution is 14.1. The molecule has 0 aromatic carbocycles. The molecule has 0 atom stereocenters. The lowest BCUT2D eigenvalue weighted by molar-refractivity contribution is 1.20. The van der Waals surface area contributed by atoms with E-state index >= 15 is 0 Å². The molecular weight excluding hydrogens is 335 g/mol. The molecular formula is C6H4BrIN4. The van der Waals surface area contributed by atoms with Crippen molar-refractivity contribution in [3.8, 4) is 0 Å². The van der Waals surface area contributed by atoms with Gasteiger partial charge in [0.15, 0.2) is 0 Å². The summed E-state index contributed by atoms with van der Waals surface area (Å²) in [6.45, 7) is 0. The van der Waals surface area contributed by atoms with Gasteiger partial charge in [-0.15, -0.1) is 0 Å². The molecule has 4 nitrogen and oxygen atoms in total. The Bertz CT molecular complexity index is 438. The number of nitrogens with two attached hydrogens (primary N) is 1. The van der Waals surface area contributed by atoms with Gasteiger partial charge < -0.3 is 10.7 Å². The molecule has 3 N–H and O–H groups in total. The van der Waals surface area contributed by atoms with E-state index in [1.165, 1.54) is 6.33 Å². The van der Waals surface area contributed by atoms with Crippen LogP contribution in [0.15, 0.2) is 10.9 Å². The van der Waals surface area contributed by atoms with Crippen molar-refractivity contribution in [2.24, 2.45) is 0 Å². The summed E-state index contributed by atoms with van der Waals surface area (Å²) in [4.78, 5) is 11.0. The van der Waals surface area contributed by atoms with Crippen LogP contribution in [0.3, 0.4) is 0 Å². The average molecular weight is 339 g/mol. The van der Waals surface area contributed by atoms with Crippen molar-refractivity contribution in [2.75, 3.05) is 5.73 Å². The molecule has 0 saturated carbocycles. The van der Waals surface area contributed by atoms with E-state index in [-0.39, 0.29) is 0 Å². The summed E-state index contributed by atoms with van der Waals surface area (Å²) in [5.74, 6) is 0.506. The topological polar surface area (TPSA) is 67.6 Å². The van der Waals surface area contributed by atoms with Crippen LogP contribution in [0.2, 0.25) is 0 Å². The maximum Gasteiger partial charge on any atom is 0.144 e. The third-order valence-corrected chi connectivity index (χ3v) is 3.93. The minimum absolute atomic E-state index is 0.506. The molecule has 0 spiro atoms. The summed E-state index contributed by atoms with van der Waals surface area (Å²) < 4.78 is 1.91. The van der Waals surface area contributed by atoms with E-state index in [2.05, 4.69) is 53.5 Å². The molecule has 0 aliphatic rings. The van der Waals surface area contributed by atoms with Gasteiger partial charge in [-0.3, -0.25) is 0 Å². The fourth-order valence-corrected chi connectivity index (χ4v) is 2.03. The zero-order valence-corrected chi connectivity index (χ0v) is 9.55. The van der Waals surface area contributed by atoms with Crippen molar-refractivity contribution in [1.82, 2.24) is 15.0 Å². The fourth-order valence-electron chi connectivity index (χ4n) is 0.979. The van der Waals surface area contributed by atoms with Gasteiger partial charge in [-0.1, -0.05) is 0 Å². The van der Waals surface area contributed by atoms with Crippen LogP contribution in [0.4, 0.5) is 5.82 Å². The number of hydrogen-bond acceptors (Lipinski definition) is 3. The lowest BCUT2D eigenvalue weighted by Gasteiger charge is -1.92. The molecule has 0 aliphatic heterocycles. The smallest absolute Gasteiger partial charge is 0.144 e. The first-order valence-corrected chi connectivity index (χ1v) is 5.00. The minimum atomic E-state index is 0.506. The first-order valence-electron chi connectivity index (χ1n) is 3.13. The molecule has 0 amide bonds. The monoisotopic (exact) mass is 338 g/mol. The van der Waals surface area contributed by atoms with Gasteiger partial charge in [0.05, 0.1) is 13.6 Å². The second-order valence-corrected chi connectivity index (χ2v) is 4.11. The first kappa shape index (κ1) is 8.24. The first-order chi connectivity index (χ1) is 5.70. The van der Waals surface area contributed by atoms with Crippen LogP contribution in [0.1, 0.15) is 0 Å². The summed E-state index contributed by atoms with van der Waals surface area (Å²) in [5.41, 5.74) is 6.44. The largest absolute Gasteiger partial charge is 0.383 e. The van der Waals surface area contributed by atoms with Crippen LogP contribution in [-0.2, 0) is 0 Å². The van der Waals surface area contributed by atoms with E-state index in [9.17, 15) is 0 Å². The number of nitrogens with one attached hydrogen (secondary N) is 1. The Hall–Kier alpha value is -0.370. The quantitative estimate of drug-likeness (QED) is 0.721. The lowest BCUT2D eigenvalue weighted by atomic mass is 10.4. The Labute approximate surface area is 90.2 Å². The number of H-pyrrole nitrogens is 1. The second-order valence-electron chi connectivity index (χ2n) is 2.24. The van der Waals surface area contributed by atoms with E-state index in [1.54, 1.807) is 0 Å². The number of fused-ring (bicyclic) bond motifs is 1. The summed E-state index contributed by atoms with van der Waals surface area (Å²) in [7, 11) is 0. The van der Waals surface area contributed by atoms with Crippen molar-refractivity contribution in [3.63, 3.8) is 0 Å². The third-order valence-electron chi connectivity index (χ3n) is 1.52. The number of halogens is 2. The highest BCUT2D eigenvalue weighted by atomic mass is 127. The zero-order valence-electron chi connectivity index (χ0n) is 5.81. The number of hydrogen-bond donors (Lipinski definition) is 2. The maximum atomic E-state index is 5.67. The number of anilines is 1. The van der Waals surface area contributed by atoms with Crippen molar-refractivity contribution >= 4 is 55.4 Å². The molecule has 0 radical (unpaired) electrons. The van der Waals surface area contributed by atoms with Gasteiger partial charge in [-0.25, -0.2) is 9.97 Å². The molecule has 0 bridgehead atoms. The van der Waals surface area contributed by atoms with Crippen LogP contribution >= 0.6 is 38.5 Å². The molecule has 12 heavy (non-hydrogen) atoms. The van der Waals surface area contributed by atoms with Crippen molar-refractivity contribution in [3.05, 3.63) is 14.5 Å². The molecule has 2 aromatic rings. The normalized spacial score (nSPS) is 10.8. The van der Waals surface area contributed by atoms with Crippen LogP contribution in [0.25, 0.3) is 11.0 Å². The molecule has 62 valence electrons. The summed E-state index contributed by atoms with van der Waals surface area (Å²) >= 11 is 5.54. The fraction of sp³-hybridized carbons (Fsp3) is 0. The lowest BCUT2D eigenvalue weighted by Crippen LogP contribution is -1.91. The second kappa shape index (κ2) is 2.84. The van der Waals surface area contributed by atoms with Crippen LogP contribution in [0.5, 0.6) is 0 Å². The van der Waals surface area contributed by atoms with Crippen LogP contribution in [0, 0.1) is 3.57 Å². The number of aromatic nitrogens is 3. The molecule has 6 heteroatoms. The summed E-state index contributed by atoms with van der Waals surface area (Å²) in [5, 5.41) is 0.880. The number of rotatable bonds is 0. The van der Waals surface area contributed by atoms with E-state index in [4.69, 9.17) is 5.73 Å². The maximum absolute atomic E-state index is 5.67. The molecule has 2 heterocycles. The highest BCUT2D eigenvalue weighted by Crippen LogP contribution is 2.29. The Balaban J connectivity index is 2.97. The summed E-state index contributed by atoms with van der Waals surface area (Å²) in [6.07, 6.45) is 1.44. The minimum Gasteiger partial charge on any atom is -0.383 e. The zero-order chi connectivity index (χ0) is 8.72. The van der Waals surface area contributed by atoms with E-state index in [0.29, 0.717) is 5.82 Å². The van der Waals surface area contributed by atoms with Gasteiger partial charge in [0.2, 0.25) is 0 Å². The highest BCUT2D eigenvalue weighted by Gasteiger charge is 2.10. The van der Waals surface area contributed by atoms with Gasteiger partial charge in [0.25, 0.3) is 0 Å². The molecule has 0 unspecified atom stereocenters. The molecule has 0 fully saturated rings. The van der Waals surface area contributed by atoms with Crippen LogP contribution in [-0.4, -0.2) is 15.0 Å². The predicted molar refractivity (Wildman–Crippen MR) is 58.7 cm³/mol. The van der Waals surface area contributed by atoms with E-state index in [1.807, 2.05) is 0 Å². The SMILES string of the molecule is Nc1ncnc2[nH]c(Br)c(I)c12. The number of nitrogens with zero attached hydrogens (tertiary/aromatic N) is 2. The number of nitrogen functional groups attached to an aromatic ring is 1. The Kier molecular flexibility index (Phi) is 1.95. The van der Waals surface area contributed by atoms with Crippen molar-refractivity contribution < 1.29 is 0 Å². The molecule has 0 saturated heterocycles.